The third-order valence-electron chi connectivity index (χ3n) is 2.75. The highest BCUT2D eigenvalue weighted by Gasteiger charge is 2.25. The van der Waals surface area contributed by atoms with Gasteiger partial charge in [0.25, 0.3) is 0 Å². The Kier molecular flexibility index (Phi) is 2.67. The van der Waals surface area contributed by atoms with Crippen LogP contribution in [0.3, 0.4) is 0 Å². The van der Waals surface area contributed by atoms with Gasteiger partial charge in [-0.05, 0) is 35.2 Å². The largest absolute Gasteiger partial charge is 0.391 e. The van der Waals surface area contributed by atoms with Crippen molar-refractivity contribution in [2.75, 3.05) is 13.1 Å². The second-order valence-electron chi connectivity index (χ2n) is 3.77. The van der Waals surface area contributed by atoms with Crippen molar-refractivity contribution in [2.45, 2.75) is 19.4 Å². The van der Waals surface area contributed by atoms with Gasteiger partial charge < -0.3 is 10.4 Å². The lowest BCUT2D eigenvalue weighted by atomic mass is 9.97. The van der Waals surface area contributed by atoms with E-state index < -0.39 is 0 Å². The molecule has 13 heavy (non-hydrogen) atoms. The van der Waals surface area contributed by atoms with Crippen LogP contribution >= 0.6 is 11.3 Å². The van der Waals surface area contributed by atoms with Gasteiger partial charge in [-0.3, -0.25) is 0 Å². The fraction of sp³-hybridized carbons (Fsp3) is 0.600. The Morgan fingerprint density at radius 1 is 1.54 bits per heavy atom. The van der Waals surface area contributed by atoms with Crippen molar-refractivity contribution >= 4 is 11.3 Å². The Balaban J connectivity index is 2.01. The lowest BCUT2D eigenvalue weighted by molar-refractivity contribution is 0.147. The van der Waals surface area contributed by atoms with Crippen LogP contribution in [0.4, 0.5) is 0 Å². The number of aliphatic hydroxyl groups is 1. The number of thiophene rings is 1. The maximum atomic E-state index is 9.62. The van der Waals surface area contributed by atoms with E-state index in [-0.39, 0.29) is 6.10 Å². The fourth-order valence-electron chi connectivity index (χ4n) is 1.81. The van der Waals surface area contributed by atoms with E-state index in [0.717, 1.165) is 19.5 Å². The predicted molar refractivity (Wildman–Crippen MR) is 55.1 cm³/mol. The fourth-order valence-corrected chi connectivity index (χ4v) is 2.68. The Labute approximate surface area is 82.6 Å². The number of aryl methyl sites for hydroxylation is 1. The molecule has 72 valence electrons. The van der Waals surface area contributed by atoms with Gasteiger partial charge in [0.15, 0.2) is 0 Å². The molecule has 2 nitrogen and oxygen atoms in total. The zero-order valence-electron chi connectivity index (χ0n) is 7.79. The van der Waals surface area contributed by atoms with E-state index in [1.807, 2.05) is 0 Å². The smallest absolute Gasteiger partial charge is 0.0708 e. The van der Waals surface area contributed by atoms with E-state index >= 15 is 0 Å². The molecule has 0 spiro atoms. The lowest BCUT2D eigenvalue weighted by Crippen LogP contribution is -2.19. The molecule has 0 aliphatic carbocycles. The van der Waals surface area contributed by atoms with E-state index in [4.69, 9.17) is 0 Å². The number of aliphatic hydroxyl groups excluding tert-OH is 1. The van der Waals surface area contributed by atoms with Crippen LogP contribution in [0.1, 0.15) is 11.1 Å². The standard InChI is InChI=1S/C10H15NOS/c1-7-5-13-6-9(7)2-8-3-11-4-10(8)12/h5-6,8,10-12H,2-4H2,1H3/t8-,10-/m1/s1. The average molecular weight is 197 g/mol. The minimum atomic E-state index is -0.153. The van der Waals surface area contributed by atoms with Crippen molar-refractivity contribution < 1.29 is 5.11 Å². The molecule has 0 bridgehead atoms. The molecular weight excluding hydrogens is 182 g/mol. The van der Waals surface area contributed by atoms with Gasteiger partial charge in [-0.25, -0.2) is 0 Å². The molecular formula is C10H15NOS. The zero-order valence-corrected chi connectivity index (χ0v) is 8.60. The van der Waals surface area contributed by atoms with Gasteiger partial charge in [0.2, 0.25) is 0 Å². The van der Waals surface area contributed by atoms with Crippen molar-refractivity contribution in [1.29, 1.82) is 0 Å². The van der Waals surface area contributed by atoms with Crippen molar-refractivity contribution in [3.05, 3.63) is 21.9 Å². The summed E-state index contributed by atoms with van der Waals surface area (Å²) in [4.78, 5) is 0. The summed E-state index contributed by atoms with van der Waals surface area (Å²) in [5, 5.41) is 17.2. The van der Waals surface area contributed by atoms with E-state index in [0.29, 0.717) is 5.92 Å². The van der Waals surface area contributed by atoms with Gasteiger partial charge >= 0.3 is 0 Å². The first-order valence-corrected chi connectivity index (χ1v) is 5.62. The minimum Gasteiger partial charge on any atom is -0.391 e. The molecule has 1 aromatic heterocycles. The number of β-amino-alcohol motifs (C(OH)–C–C–N with tert-alkyl or cyclic N) is 1. The number of hydrogen-bond donors (Lipinski definition) is 2. The van der Waals surface area contributed by atoms with Crippen LogP contribution in [-0.4, -0.2) is 24.3 Å². The van der Waals surface area contributed by atoms with Gasteiger partial charge in [-0.2, -0.15) is 11.3 Å². The third kappa shape index (κ3) is 1.93. The number of rotatable bonds is 2. The molecule has 1 aliphatic rings. The van der Waals surface area contributed by atoms with Gasteiger partial charge in [0.05, 0.1) is 6.10 Å². The molecule has 0 aromatic carbocycles. The van der Waals surface area contributed by atoms with Gasteiger partial charge in [-0.15, -0.1) is 0 Å². The van der Waals surface area contributed by atoms with Gasteiger partial charge in [0, 0.05) is 19.0 Å². The third-order valence-corrected chi connectivity index (χ3v) is 3.66. The molecule has 1 fully saturated rings. The summed E-state index contributed by atoms with van der Waals surface area (Å²) in [6, 6.07) is 0. The average Bonchev–Trinajstić information content (AvgIpc) is 2.65. The predicted octanol–water partition coefficient (Wildman–Crippen LogP) is 1.18. The molecule has 2 N–H and O–H groups in total. The molecule has 1 aromatic rings. The second kappa shape index (κ2) is 3.78. The van der Waals surface area contributed by atoms with Crippen molar-refractivity contribution in [3.8, 4) is 0 Å². The lowest BCUT2D eigenvalue weighted by Gasteiger charge is -2.12. The number of nitrogens with one attached hydrogen (secondary N) is 1. The van der Waals surface area contributed by atoms with E-state index in [9.17, 15) is 5.11 Å². The summed E-state index contributed by atoms with van der Waals surface area (Å²) >= 11 is 1.75. The quantitative estimate of drug-likeness (QED) is 0.746. The summed E-state index contributed by atoms with van der Waals surface area (Å²) in [6.07, 6.45) is 0.864. The maximum Gasteiger partial charge on any atom is 0.0708 e. The van der Waals surface area contributed by atoms with Crippen LogP contribution in [-0.2, 0) is 6.42 Å². The van der Waals surface area contributed by atoms with Crippen molar-refractivity contribution in [2.24, 2.45) is 5.92 Å². The monoisotopic (exact) mass is 197 g/mol. The van der Waals surface area contributed by atoms with Crippen LogP contribution in [0, 0.1) is 12.8 Å². The maximum absolute atomic E-state index is 9.62. The molecule has 0 saturated carbocycles. The molecule has 1 saturated heterocycles. The molecule has 0 amide bonds. The molecule has 2 heterocycles. The molecule has 0 radical (unpaired) electrons. The highest BCUT2D eigenvalue weighted by Crippen LogP contribution is 2.21. The van der Waals surface area contributed by atoms with E-state index in [2.05, 4.69) is 23.0 Å². The Morgan fingerprint density at radius 3 is 2.92 bits per heavy atom. The Morgan fingerprint density at radius 2 is 2.38 bits per heavy atom. The van der Waals surface area contributed by atoms with Gasteiger partial charge in [-0.1, -0.05) is 0 Å². The summed E-state index contributed by atoms with van der Waals surface area (Å²) in [7, 11) is 0. The van der Waals surface area contributed by atoms with Crippen LogP contribution in [0.15, 0.2) is 10.8 Å². The summed E-state index contributed by atoms with van der Waals surface area (Å²) < 4.78 is 0. The first-order valence-electron chi connectivity index (χ1n) is 4.68. The van der Waals surface area contributed by atoms with Crippen molar-refractivity contribution in [3.63, 3.8) is 0 Å². The molecule has 1 aliphatic heterocycles. The molecule has 2 rings (SSSR count). The van der Waals surface area contributed by atoms with Crippen LogP contribution < -0.4 is 5.32 Å². The number of hydrogen-bond acceptors (Lipinski definition) is 3. The molecule has 0 unspecified atom stereocenters. The Hall–Kier alpha value is -0.380. The minimum absolute atomic E-state index is 0.153. The highest BCUT2D eigenvalue weighted by atomic mass is 32.1. The van der Waals surface area contributed by atoms with Crippen LogP contribution in [0.25, 0.3) is 0 Å². The summed E-state index contributed by atoms with van der Waals surface area (Å²) in [6.45, 7) is 3.85. The zero-order chi connectivity index (χ0) is 9.26. The highest BCUT2D eigenvalue weighted by molar-refractivity contribution is 7.08. The summed E-state index contributed by atoms with van der Waals surface area (Å²) in [5.41, 5.74) is 2.77. The first kappa shape index (κ1) is 9.19. The first-order chi connectivity index (χ1) is 6.27. The second-order valence-corrected chi connectivity index (χ2v) is 4.51. The van der Waals surface area contributed by atoms with Crippen LogP contribution in [0.2, 0.25) is 0 Å². The van der Waals surface area contributed by atoms with E-state index in [1.54, 1.807) is 11.3 Å². The molecule has 2 atom stereocenters. The molecule has 3 heteroatoms. The van der Waals surface area contributed by atoms with E-state index in [1.165, 1.54) is 11.1 Å². The SMILES string of the molecule is Cc1cscc1C[C@@H]1CNC[C@H]1O. The van der Waals surface area contributed by atoms with Gasteiger partial charge in [0.1, 0.15) is 0 Å². The van der Waals surface area contributed by atoms with Crippen molar-refractivity contribution in [1.82, 2.24) is 5.32 Å². The summed E-state index contributed by atoms with van der Waals surface area (Å²) in [5.74, 6) is 0.410. The Bertz CT molecular complexity index is 284. The van der Waals surface area contributed by atoms with Crippen LogP contribution in [0.5, 0.6) is 0 Å². The normalized spacial score (nSPS) is 28.2. The topological polar surface area (TPSA) is 32.3 Å².